The Morgan fingerprint density at radius 3 is 2.76 bits per heavy atom. The summed E-state index contributed by atoms with van der Waals surface area (Å²) in [6.45, 7) is 5.52. The minimum atomic E-state index is -0.927. The predicted molar refractivity (Wildman–Crippen MR) is 128 cm³/mol. The van der Waals surface area contributed by atoms with Gasteiger partial charge in [0.25, 0.3) is 5.91 Å². The Labute approximate surface area is 194 Å². The molecular formula is C26H32N4O3. The molecule has 1 N–H and O–H groups in total. The van der Waals surface area contributed by atoms with E-state index in [1.165, 1.54) is 4.90 Å². The van der Waals surface area contributed by atoms with E-state index in [2.05, 4.69) is 29.3 Å². The largest absolute Gasteiger partial charge is 0.494 e. The number of carbonyl (C=O) groups excluding carboxylic acids is 2. The van der Waals surface area contributed by atoms with E-state index >= 15 is 0 Å². The summed E-state index contributed by atoms with van der Waals surface area (Å²) in [6, 6.07) is 5.53. The van der Waals surface area contributed by atoms with Gasteiger partial charge < -0.3 is 14.6 Å². The fourth-order valence-electron chi connectivity index (χ4n) is 5.43. The molecule has 7 nitrogen and oxygen atoms in total. The maximum absolute atomic E-state index is 13.7. The Balaban J connectivity index is 1.67. The van der Waals surface area contributed by atoms with Gasteiger partial charge in [-0.25, -0.2) is 4.79 Å². The number of benzene rings is 1. The van der Waals surface area contributed by atoms with Crippen LogP contribution in [0, 0.1) is 0 Å². The van der Waals surface area contributed by atoms with E-state index in [-0.39, 0.29) is 18.0 Å². The van der Waals surface area contributed by atoms with Crippen LogP contribution in [0.5, 0.6) is 5.75 Å². The third-order valence-electron chi connectivity index (χ3n) is 7.06. The summed E-state index contributed by atoms with van der Waals surface area (Å²) >= 11 is 0. The van der Waals surface area contributed by atoms with Gasteiger partial charge in [-0.3, -0.25) is 14.6 Å². The van der Waals surface area contributed by atoms with Crippen molar-refractivity contribution in [3.05, 3.63) is 53.3 Å². The summed E-state index contributed by atoms with van der Waals surface area (Å²) in [5, 5.41) is 1.06. The van der Waals surface area contributed by atoms with Gasteiger partial charge in [-0.05, 0) is 70.1 Å². The molecule has 2 aliphatic heterocycles. The highest BCUT2D eigenvalue weighted by Crippen LogP contribution is 2.49. The van der Waals surface area contributed by atoms with Gasteiger partial charge in [0.15, 0.2) is 0 Å². The van der Waals surface area contributed by atoms with E-state index in [9.17, 15) is 9.59 Å². The standard InChI is InChI=1S/C26H32N4O3/c1-5-33-18-11-12-21-19(15-18)20-16-26(2)24(31)29(14-13-28(3)4)25(32)30(26)23(22(20)27-21)17-9-7-6-8-10-17/h7,9-12,15,23,27H,5-6,8,13-14,16H2,1-4H3/t23-,26+/m1/s1. The first-order valence-corrected chi connectivity index (χ1v) is 11.8. The van der Waals surface area contributed by atoms with Gasteiger partial charge >= 0.3 is 6.03 Å². The number of allylic oxidation sites excluding steroid dienone is 2. The number of carbonyl (C=O) groups is 2. The van der Waals surface area contributed by atoms with Crippen molar-refractivity contribution in [1.82, 2.24) is 19.7 Å². The van der Waals surface area contributed by atoms with Crippen LogP contribution in [0.3, 0.4) is 0 Å². The predicted octanol–water partition coefficient (Wildman–Crippen LogP) is 4.02. The lowest BCUT2D eigenvalue weighted by molar-refractivity contribution is -0.133. The summed E-state index contributed by atoms with van der Waals surface area (Å²) in [6.07, 6.45) is 8.88. The molecular weight excluding hydrogens is 416 g/mol. The van der Waals surface area contributed by atoms with E-state index in [0.29, 0.717) is 26.1 Å². The molecule has 0 unspecified atom stereocenters. The second-order valence-electron chi connectivity index (χ2n) is 9.61. The van der Waals surface area contributed by atoms with Crippen molar-refractivity contribution in [3.8, 4) is 5.75 Å². The van der Waals surface area contributed by atoms with Gasteiger partial charge in [0.1, 0.15) is 11.3 Å². The molecule has 33 heavy (non-hydrogen) atoms. The highest BCUT2D eigenvalue weighted by molar-refractivity contribution is 6.08. The molecule has 174 valence electrons. The van der Waals surface area contributed by atoms with Crippen molar-refractivity contribution in [2.24, 2.45) is 0 Å². The van der Waals surface area contributed by atoms with Crippen LogP contribution < -0.4 is 4.74 Å². The molecule has 0 spiro atoms. The molecule has 0 bridgehead atoms. The van der Waals surface area contributed by atoms with Crippen molar-refractivity contribution in [3.63, 3.8) is 0 Å². The molecule has 3 heterocycles. The summed E-state index contributed by atoms with van der Waals surface area (Å²) < 4.78 is 5.76. The number of aromatic amines is 1. The average Bonchev–Trinajstić information content (AvgIpc) is 3.24. The number of urea groups is 1. The molecule has 2 atom stereocenters. The molecule has 2 aromatic rings. The molecule has 7 heteroatoms. The highest BCUT2D eigenvalue weighted by atomic mass is 16.5. The average molecular weight is 449 g/mol. The Kier molecular flexibility index (Phi) is 5.32. The molecule has 3 aliphatic rings. The van der Waals surface area contributed by atoms with Crippen molar-refractivity contribution < 1.29 is 14.3 Å². The molecule has 0 saturated carbocycles. The lowest BCUT2D eigenvalue weighted by atomic mass is 9.80. The highest BCUT2D eigenvalue weighted by Gasteiger charge is 2.60. The molecule has 1 aromatic carbocycles. The normalized spacial score (nSPS) is 24.5. The summed E-state index contributed by atoms with van der Waals surface area (Å²) in [5.41, 5.74) is 3.25. The van der Waals surface area contributed by atoms with Crippen molar-refractivity contribution in [2.75, 3.05) is 33.8 Å². The number of hydrogen-bond acceptors (Lipinski definition) is 4. The number of nitrogens with one attached hydrogen (secondary N) is 1. The third-order valence-corrected chi connectivity index (χ3v) is 7.06. The van der Waals surface area contributed by atoms with Gasteiger partial charge in [0, 0.05) is 36.1 Å². The monoisotopic (exact) mass is 448 g/mol. The summed E-state index contributed by atoms with van der Waals surface area (Å²) in [5.74, 6) is 0.704. The van der Waals surface area contributed by atoms with Crippen LogP contribution in [0.25, 0.3) is 10.9 Å². The Hall–Kier alpha value is -3.06. The van der Waals surface area contributed by atoms with Crippen molar-refractivity contribution in [1.29, 1.82) is 0 Å². The molecule has 1 fully saturated rings. The van der Waals surface area contributed by atoms with E-state index in [0.717, 1.165) is 46.3 Å². The fourth-order valence-corrected chi connectivity index (χ4v) is 5.43. The van der Waals surface area contributed by atoms with E-state index < -0.39 is 5.54 Å². The number of H-pyrrole nitrogens is 1. The number of hydrogen-bond donors (Lipinski definition) is 1. The second-order valence-corrected chi connectivity index (χ2v) is 9.61. The number of amides is 3. The first-order valence-electron chi connectivity index (χ1n) is 11.8. The van der Waals surface area contributed by atoms with Crippen LogP contribution in [-0.4, -0.2) is 71.0 Å². The summed E-state index contributed by atoms with van der Waals surface area (Å²) in [7, 11) is 3.90. The van der Waals surface area contributed by atoms with Gasteiger partial charge in [-0.15, -0.1) is 0 Å². The molecule has 1 aromatic heterocycles. The maximum Gasteiger partial charge on any atom is 0.328 e. The van der Waals surface area contributed by atoms with E-state index in [1.54, 1.807) is 0 Å². The van der Waals surface area contributed by atoms with Crippen LogP contribution in [0.2, 0.25) is 0 Å². The lowest BCUT2D eigenvalue weighted by Gasteiger charge is -2.43. The first-order chi connectivity index (χ1) is 15.8. The zero-order valence-electron chi connectivity index (χ0n) is 19.9. The third kappa shape index (κ3) is 3.37. The second kappa shape index (κ2) is 8.06. The van der Waals surface area contributed by atoms with Crippen LogP contribution in [0.15, 0.2) is 42.0 Å². The topological polar surface area (TPSA) is 68.9 Å². The van der Waals surface area contributed by atoms with Crippen LogP contribution in [0.4, 0.5) is 4.79 Å². The molecule has 5 rings (SSSR count). The molecule has 3 amide bonds. The number of ether oxygens (including phenoxy) is 1. The van der Waals surface area contributed by atoms with Crippen molar-refractivity contribution >= 4 is 22.8 Å². The quantitative estimate of drug-likeness (QED) is 0.678. The SMILES string of the molecule is CCOc1ccc2[nH]c3c(c2c1)C[C@@]1(C)C(=O)N(CCN(C)C)C(=O)N1[C@@H]3C1=CCCC=C1. The molecule has 1 aliphatic carbocycles. The fraction of sp³-hybridized carbons (Fsp3) is 0.462. The first kappa shape index (κ1) is 21.8. The maximum atomic E-state index is 13.7. The molecule has 0 radical (unpaired) electrons. The van der Waals surface area contributed by atoms with Crippen molar-refractivity contribution in [2.45, 2.75) is 44.7 Å². The van der Waals surface area contributed by atoms with Gasteiger partial charge in [-0.1, -0.05) is 18.2 Å². The van der Waals surface area contributed by atoms with E-state index in [1.807, 2.05) is 49.9 Å². The zero-order valence-corrected chi connectivity index (χ0v) is 19.9. The van der Waals surface area contributed by atoms with Gasteiger partial charge in [0.05, 0.1) is 12.6 Å². The minimum absolute atomic E-state index is 0.110. The number of likely N-dealkylation sites (N-methyl/N-ethyl adjacent to an activating group) is 1. The number of aromatic nitrogens is 1. The Bertz CT molecular complexity index is 1180. The lowest BCUT2D eigenvalue weighted by Crippen LogP contribution is -2.53. The minimum Gasteiger partial charge on any atom is -0.494 e. The van der Waals surface area contributed by atoms with Crippen LogP contribution >= 0.6 is 0 Å². The van der Waals surface area contributed by atoms with E-state index in [4.69, 9.17) is 4.74 Å². The number of imide groups is 1. The van der Waals surface area contributed by atoms with Gasteiger partial charge in [0.2, 0.25) is 0 Å². The zero-order chi connectivity index (χ0) is 23.3. The Morgan fingerprint density at radius 1 is 1.24 bits per heavy atom. The number of fused-ring (bicyclic) bond motifs is 4. The summed E-state index contributed by atoms with van der Waals surface area (Å²) in [4.78, 5) is 36.3. The number of nitrogens with zero attached hydrogens (tertiary/aromatic N) is 3. The number of rotatable bonds is 6. The smallest absolute Gasteiger partial charge is 0.328 e. The molecule has 1 saturated heterocycles. The van der Waals surface area contributed by atoms with Crippen LogP contribution in [0.1, 0.15) is 44.0 Å². The van der Waals surface area contributed by atoms with Crippen LogP contribution in [-0.2, 0) is 11.2 Å². The Morgan fingerprint density at radius 2 is 2.06 bits per heavy atom. The van der Waals surface area contributed by atoms with Gasteiger partial charge in [-0.2, -0.15) is 0 Å².